The molecule has 1 amide bonds. The second kappa shape index (κ2) is 4.66. The van der Waals surface area contributed by atoms with Gasteiger partial charge in [0.15, 0.2) is 0 Å². The molecule has 0 unspecified atom stereocenters. The molecule has 1 aromatic carbocycles. The van der Waals surface area contributed by atoms with Gasteiger partial charge in [-0.15, -0.1) is 0 Å². The van der Waals surface area contributed by atoms with E-state index in [1.165, 1.54) is 12.8 Å². The van der Waals surface area contributed by atoms with Gasteiger partial charge in [-0.25, -0.2) is 0 Å². The zero-order valence-electron chi connectivity index (χ0n) is 9.52. The summed E-state index contributed by atoms with van der Waals surface area (Å²) < 4.78 is 0. The summed E-state index contributed by atoms with van der Waals surface area (Å²) in [6.07, 6.45) is 2.52. The van der Waals surface area contributed by atoms with Crippen molar-refractivity contribution in [2.75, 3.05) is 0 Å². The Morgan fingerprint density at radius 2 is 2.00 bits per heavy atom. The molecule has 2 rings (SSSR count). The zero-order chi connectivity index (χ0) is 11.5. The Hall–Kier alpha value is -1.35. The number of benzene rings is 1. The predicted molar refractivity (Wildman–Crippen MR) is 63.7 cm³/mol. The molecule has 1 aliphatic carbocycles. The fourth-order valence-corrected chi connectivity index (χ4v) is 1.98. The second-order valence-corrected chi connectivity index (χ2v) is 4.54. The summed E-state index contributed by atoms with van der Waals surface area (Å²) in [5.74, 6) is 0.407. The summed E-state index contributed by atoms with van der Waals surface area (Å²) in [5, 5.41) is 3.32. The van der Waals surface area contributed by atoms with Gasteiger partial charge in [0, 0.05) is 6.04 Å². The molecule has 0 bridgehead atoms. The Bertz CT molecular complexity index is 359. The summed E-state index contributed by atoms with van der Waals surface area (Å²) in [7, 11) is 0. The number of nitrogens with one attached hydrogen (secondary N) is 1. The van der Waals surface area contributed by atoms with E-state index >= 15 is 0 Å². The second-order valence-electron chi connectivity index (χ2n) is 4.54. The lowest BCUT2D eigenvalue weighted by molar-refractivity contribution is -0.120. The summed E-state index contributed by atoms with van der Waals surface area (Å²) in [5.41, 5.74) is 6.38. The zero-order valence-corrected chi connectivity index (χ0v) is 9.52. The highest BCUT2D eigenvalue weighted by molar-refractivity contribution is 5.81. The lowest BCUT2D eigenvalue weighted by Gasteiger charge is -2.21. The highest BCUT2D eigenvalue weighted by Crippen LogP contribution is 2.33. The van der Waals surface area contributed by atoms with E-state index in [9.17, 15) is 4.79 Å². The molecule has 16 heavy (non-hydrogen) atoms. The van der Waals surface area contributed by atoms with Gasteiger partial charge in [-0.1, -0.05) is 30.3 Å². The van der Waals surface area contributed by atoms with Gasteiger partial charge in [-0.05, 0) is 31.2 Å². The molecule has 0 heterocycles. The third-order valence-corrected chi connectivity index (χ3v) is 3.18. The van der Waals surface area contributed by atoms with Crippen LogP contribution in [0.5, 0.6) is 0 Å². The SMILES string of the molecule is C[C@H](N[C@@H](C(N)=O)c1ccccc1)C1CC1. The van der Waals surface area contributed by atoms with Gasteiger partial charge in [0.25, 0.3) is 0 Å². The lowest BCUT2D eigenvalue weighted by atomic mass is 10.0. The van der Waals surface area contributed by atoms with Crippen LogP contribution >= 0.6 is 0 Å². The molecule has 3 nitrogen and oxygen atoms in total. The average molecular weight is 218 g/mol. The highest BCUT2D eigenvalue weighted by atomic mass is 16.1. The summed E-state index contributed by atoms with van der Waals surface area (Å²) in [4.78, 5) is 11.4. The Labute approximate surface area is 96.0 Å². The number of hydrogen-bond donors (Lipinski definition) is 2. The fourth-order valence-electron chi connectivity index (χ4n) is 1.98. The summed E-state index contributed by atoms with van der Waals surface area (Å²) in [6.45, 7) is 2.12. The van der Waals surface area contributed by atoms with Crippen LogP contribution in [0.2, 0.25) is 0 Å². The topological polar surface area (TPSA) is 55.1 Å². The molecule has 0 radical (unpaired) electrons. The van der Waals surface area contributed by atoms with Crippen LogP contribution in [-0.2, 0) is 4.79 Å². The normalized spacial score (nSPS) is 19.1. The third-order valence-electron chi connectivity index (χ3n) is 3.18. The number of carbonyl (C=O) groups is 1. The molecule has 3 heteroatoms. The molecule has 0 aromatic heterocycles. The Morgan fingerprint density at radius 1 is 1.38 bits per heavy atom. The smallest absolute Gasteiger partial charge is 0.239 e. The van der Waals surface area contributed by atoms with Crippen molar-refractivity contribution in [3.05, 3.63) is 35.9 Å². The standard InChI is InChI=1S/C13H18N2O/c1-9(10-7-8-10)15-12(13(14)16)11-5-3-2-4-6-11/h2-6,9-10,12,15H,7-8H2,1H3,(H2,14,16)/t9-,12+/m0/s1. The third kappa shape index (κ3) is 2.61. The maximum atomic E-state index is 11.4. The first kappa shape index (κ1) is 11.1. The number of hydrogen-bond acceptors (Lipinski definition) is 2. The van der Waals surface area contributed by atoms with Crippen molar-refractivity contribution >= 4 is 5.91 Å². The van der Waals surface area contributed by atoms with E-state index in [4.69, 9.17) is 5.73 Å². The Morgan fingerprint density at radius 3 is 2.50 bits per heavy atom. The van der Waals surface area contributed by atoms with Gasteiger partial charge in [0.1, 0.15) is 6.04 Å². The number of primary amides is 1. The Kier molecular flexibility index (Phi) is 3.25. The van der Waals surface area contributed by atoms with Crippen molar-refractivity contribution in [2.24, 2.45) is 11.7 Å². The quantitative estimate of drug-likeness (QED) is 0.788. The van der Waals surface area contributed by atoms with Gasteiger partial charge >= 0.3 is 0 Å². The minimum atomic E-state index is -0.364. The van der Waals surface area contributed by atoms with Crippen LogP contribution in [0, 0.1) is 5.92 Å². The van der Waals surface area contributed by atoms with Gasteiger partial charge < -0.3 is 5.73 Å². The Balaban J connectivity index is 2.08. The van der Waals surface area contributed by atoms with E-state index < -0.39 is 0 Å². The van der Waals surface area contributed by atoms with E-state index in [1.807, 2.05) is 30.3 Å². The van der Waals surface area contributed by atoms with Crippen LogP contribution in [0.1, 0.15) is 31.4 Å². The number of rotatable bonds is 5. The minimum absolute atomic E-state index is 0.307. The molecule has 1 saturated carbocycles. The van der Waals surface area contributed by atoms with Crippen molar-refractivity contribution < 1.29 is 4.79 Å². The van der Waals surface area contributed by atoms with Crippen LogP contribution in [0.4, 0.5) is 0 Å². The van der Waals surface area contributed by atoms with Gasteiger partial charge in [0.2, 0.25) is 5.91 Å². The van der Waals surface area contributed by atoms with E-state index in [1.54, 1.807) is 0 Å². The molecule has 0 spiro atoms. The molecular formula is C13H18N2O. The molecule has 1 aliphatic rings. The number of carbonyl (C=O) groups excluding carboxylic acids is 1. The van der Waals surface area contributed by atoms with Crippen molar-refractivity contribution in [3.63, 3.8) is 0 Å². The van der Waals surface area contributed by atoms with Crippen molar-refractivity contribution in [1.82, 2.24) is 5.32 Å². The van der Waals surface area contributed by atoms with Crippen molar-refractivity contribution in [1.29, 1.82) is 0 Å². The van der Waals surface area contributed by atoms with Crippen LogP contribution < -0.4 is 11.1 Å². The predicted octanol–water partition coefficient (Wildman–Crippen LogP) is 1.60. The molecular weight excluding hydrogens is 200 g/mol. The van der Waals surface area contributed by atoms with Crippen LogP contribution in [0.15, 0.2) is 30.3 Å². The monoisotopic (exact) mass is 218 g/mol. The van der Waals surface area contributed by atoms with Crippen LogP contribution in [-0.4, -0.2) is 11.9 Å². The van der Waals surface area contributed by atoms with E-state index in [0.29, 0.717) is 12.0 Å². The fraction of sp³-hybridized carbons (Fsp3) is 0.462. The van der Waals surface area contributed by atoms with E-state index in [2.05, 4.69) is 12.2 Å². The van der Waals surface area contributed by atoms with Crippen molar-refractivity contribution in [3.8, 4) is 0 Å². The first-order valence-corrected chi connectivity index (χ1v) is 5.79. The summed E-state index contributed by atoms with van der Waals surface area (Å²) >= 11 is 0. The van der Waals surface area contributed by atoms with Crippen LogP contribution in [0.3, 0.4) is 0 Å². The maximum Gasteiger partial charge on any atom is 0.239 e. The van der Waals surface area contributed by atoms with E-state index in [0.717, 1.165) is 5.56 Å². The molecule has 0 saturated heterocycles. The molecule has 2 atom stereocenters. The molecule has 1 fully saturated rings. The van der Waals surface area contributed by atoms with Crippen LogP contribution in [0.25, 0.3) is 0 Å². The number of nitrogens with two attached hydrogens (primary N) is 1. The molecule has 0 aliphatic heterocycles. The van der Waals surface area contributed by atoms with Gasteiger partial charge in [-0.2, -0.15) is 0 Å². The molecule has 86 valence electrons. The average Bonchev–Trinajstić information content (AvgIpc) is 3.10. The van der Waals surface area contributed by atoms with Crippen molar-refractivity contribution in [2.45, 2.75) is 31.8 Å². The summed E-state index contributed by atoms with van der Waals surface area (Å²) in [6, 6.07) is 9.65. The highest BCUT2D eigenvalue weighted by Gasteiger charge is 2.30. The van der Waals surface area contributed by atoms with E-state index in [-0.39, 0.29) is 11.9 Å². The molecule has 1 aromatic rings. The molecule has 3 N–H and O–H groups in total. The number of amides is 1. The maximum absolute atomic E-state index is 11.4. The first-order chi connectivity index (χ1) is 7.68. The first-order valence-electron chi connectivity index (χ1n) is 5.79. The van der Waals surface area contributed by atoms with Gasteiger partial charge in [0.05, 0.1) is 0 Å². The largest absolute Gasteiger partial charge is 0.368 e. The van der Waals surface area contributed by atoms with Gasteiger partial charge in [-0.3, -0.25) is 10.1 Å². The minimum Gasteiger partial charge on any atom is -0.368 e. The lowest BCUT2D eigenvalue weighted by Crippen LogP contribution is -2.39.